The summed E-state index contributed by atoms with van der Waals surface area (Å²) in [5, 5.41) is 0. The van der Waals surface area contributed by atoms with Gasteiger partial charge in [-0.2, -0.15) is 0 Å². The Kier molecular flexibility index (Phi) is 29.6. The Morgan fingerprint density at radius 3 is 1.64 bits per heavy atom. The number of carbonyl (C=O) groups excluding carboxylic acids is 2. The minimum absolute atomic E-state index is 0.0294. The van der Waals surface area contributed by atoms with E-state index in [9.17, 15) is 19.0 Å². The lowest BCUT2D eigenvalue weighted by atomic mass is 10.1. The molecular weight excluding hydrogens is 617 g/mol. The Bertz CT molecular complexity index is 871. The molecule has 9 nitrogen and oxygen atoms in total. The van der Waals surface area contributed by atoms with Crippen molar-refractivity contribution in [3.05, 3.63) is 24.3 Å². The number of hydrogen-bond donors (Lipinski definition) is 1. The molecule has 0 aliphatic carbocycles. The standard InChI is InChI=1S/C37H70NO8P/c1-6-8-10-12-14-16-18-20-22-24-26-28-30-37(40)46-35(34-45-47(41,42)44-32-31-38(3,4)5)33-43-36(39)29-27-25-23-21-19-17-15-13-11-9-7-2/h13-16,35H,6-12,17-34H2,1-5H3/p+1/b15-13+,16-14+/t35-/m1/s1. The lowest BCUT2D eigenvalue weighted by molar-refractivity contribution is -0.870. The van der Waals surface area contributed by atoms with E-state index >= 15 is 0 Å². The van der Waals surface area contributed by atoms with Crippen molar-refractivity contribution in [1.82, 2.24) is 0 Å². The summed E-state index contributed by atoms with van der Waals surface area (Å²) >= 11 is 0. The van der Waals surface area contributed by atoms with Gasteiger partial charge >= 0.3 is 19.8 Å². The average molecular weight is 689 g/mol. The molecule has 1 N–H and O–H groups in total. The fourth-order valence-electron chi connectivity index (χ4n) is 4.69. The topological polar surface area (TPSA) is 108 Å². The van der Waals surface area contributed by atoms with Crippen LogP contribution in [0.1, 0.15) is 149 Å². The number of quaternary nitrogens is 1. The lowest BCUT2D eigenvalue weighted by Crippen LogP contribution is -2.37. The Hall–Kier alpha value is -1.51. The summed E-state index contributed by atoms with van der Waals surface area (Å²) in [6, 6.07) is 0. The number of phosphoric acid groups is 1. The van der Waals surface area contributed by atoms with E-state index in [1.54, 1.807) is 0 Å². The predicted octanol–water partition coefficient (Wildman–Crippen LogP) is 9.63. The first-order valence-electron chi connectivity index (χ1n) is 18.6. The minimum atomic E-state index is -4.36. The van der Waals surface area contributed by atoms with E-state index in [2.05, 4.69) is 38.2 Å². The molecule has 0 heterocycles. The van der Waals surface area contributed by atoms with Gasteiger partial charge in [-0.1, -0.05) is 102 Å². The quantitative estimate of drug-likeness (QED) is 0.0239. The molecule has 47 heavy (non-hydrogen) atoms. The van der Waals surface area contributed by atoms with Gasteiger partial charge in [-0.15, -0.1) is 0 Å². The Morgan fingerprint density at radius 1 is 0.638 bits per heavy atom. The zero-order valence-corrected chi connectivity index (χ0v) is 31.7. The van der Waals surface area contributed by atoms with E-state index < -0.39 is 26.5 Å². The van der Waals surface area contributed by atoms with E-state index in [1.165, 1.54) is 38.5 Å². The smallest absolute Gasteiger partial charge is 0.462 e. The minimum Gasteiger partial charge on any atom is -0.462 e. The highest BCUT2D eigenvalue weighted by atomic mass is 31.2. The first-order valence-corrected chi connectivity index (χ1v) is 20.1. The van der Waals surface area contributed by atoms with Gasteiger partial charge in [0.05, 0.1) is 27.7 Å². The number of esters is 2. The predicted molar refractivity (Wildman–Crippen MR) is 192 cm³/mol. The molecule has 0 rings (SSSR count). The second-order valence-electron chi connectivity index (χ2n) is 13.6. The number of phosphoric ester groups is 1. The molecule has 0 aliphatic heterocycles. The van der Waals surface area contributed by atoms with Crippen molar-refractivity contribution >= 4 is 19.8 Å². The van der Waals surface area contributed by atoms with Gasteiger partial charge in [-0.25, -0.2) is 4.57 Å². The monoisotopic (exact) mass is 688 g/mol. The van der Waals surface area contributed by atoms with Crippen LogP contribution in [-0.4, -0.2) is 74.9 Å². The van der Waals surface area contributed by atoms with Crippen LogP contribution in [0.5, 0.6) is 0 Å². The molecule has 0 fully saturated rings. The summed E-state index contributed by atoms with van der Waals surface area (Å²) in [6.07, 6.45) is 29.4. The van der Waals surface area contributed by atoms with Gasteiger partial charge in [0.1, 0.15) is 19.8 Å². The molecule has 276 valence electrons. The van der Waals surface area contributed by atoms with E-state index in [1.807, 2.05) is 21.1 Å². The van der Waals surface area contributed by atoms with Crippen LogP contribution in [0.4, 0.5) is 0 Å². The number of nitrogens with zero attached hydrogens (tertiary/aromatic N) is 1. The molecule has 0 saturated heterocycles. The van der Waals surface area contributed by atoms with Crippen LogP contribution in [-0.2, 0) is 32.7 Å². The molecule has 0 aliphatic rings. The summed E-state index contributed by atoms with van der Waals surface area (Å²) in [6.45, 7) is 4.31. The second kappa shape index (κ2) is 30.5. The van der Waals surface area contributed by atoms with Gasteiger partial charge < -0.3 is 18.9 Å². The van der Waals surface area contributed by atoms with E-state index in [0.29, 0.717) is 17.4 Å². The summed E-state index contributed by atoms with van der Waals surface area (Å²) in [5.41, 5.74) is 0. The third-order valence-corrected chi connectivity index (χ3v) is 8.69. The summed E-state index contributed by atoms with van der Waals surface area (Å²) in [5.74, 6) is -0.823. The van der Waals surface area contributed by atoms with Gasteiger partial charge in [0.15, 0.2) is 6.10 Å². The van der Waals surface area contributed by atoms with Crippen LogP contribution < -0.4 is 0 Å². The summed E-state index contributed by atoms with van der Waals surface area (Å²) < 4.78 is 34.1. The number of likely N-dealkylation sites (N-methyl/N-ethyl adjacent to an activating group) is 1. The van der Waals surface area contributed by atoms with Crippen molar-refractivity contribution in [3.63, 3.8) is 0 Å². The lowest BCUT2D eigenvalue weighted by Gasteiger charge is -2.24. The molecule has 0 radical (unpaired) electrons. The Labute approximate surface area is 288 Å². The van der Waals surface area contributed by atoms with Gasteiger partial charge in [-0.3, -0.25) is 18.6 Å². The molecule has 0 amide bonds. The van der Waals surface area contributed by atoms with Gasteiger partial charge in [0.25, 0.3) is 0 Å². The highest BCUT2D eigenvalue weighted by Crippen LogP contribution is 2.43. The van der Waals surface area contributed by atoms with Crippen LogP contribution >= 0.6 is 7.82 Å². The highest BCUT2D eigenvalue weighted by molar-refractivity contribution is 7.47. The number of rotatable bonds is 33. The Balaban J connectivity index is 4.49. The first-order chi connectivity index (χ1) is 22.5. The van der Waals surface area contributed by atoms with E-state index in [0.717, 1.165) is 77.0 Å². The molecule has 10 heteroatoms. The van der Waals surface area contributed by atoms with Crippen LogP contribution in [0.2, 0.25) is 0 Å². The zero-order valence-electron chi connectivity index (χ0n) is 30.8. The maximum absolute atomic E-state index is 12.6. The van der Waals surface area contributed by atoms with Crippen molar-refractivity contribution in [2.75, 3.05) is 47.5 Å². The molecule has 0 aromatic heterocycles. The summed E-state index contributed by atoms with van der Waals surface area (Å²) in [7, 11) is 1.46. The molecule has 2 atom stereocenters. The molecule has 0 bridgehead atoms. The molecular formula is C37H71NO8P+. The summed E-state index contributed by atoms with van der Waals surface area (Å²) in [4.78, 5) is 35.1. The van der Waals surface area contributed by atoms with Crippen molar-refractivity contribution < 1.29 is 42.1 Å². The van der Waals surface area contributed by atoms with E-state index in [-0.39, 0.29) is 32.0 Å². The maximum Gasteiger partial charge on any atom is 0.472 e. The van der Waals surface area contributed by atoms with E-state index in [4.69, 9.17) is 18.5 Å². The largest absolute Gasteiger partial charge is 0.472 e. The van der Waals surface area contributed by atoms with Gasteiger partial charge in [-0.05, 0) is 57.8 Å². The number of allylic oxidation sites excluding steroid dienone is 4. The van der Waals surface area contributed by atoms with Gasteiger partial charge in [0, 0.05) is 12.8 Å². The molecule has 0 aromatic carbocycles. The van der Waals surface area contributed by atoms with Crippen LogP contribution in [0.25, 0.3) is 0 Å². The molecule has 0 aromatic rings. The van der Waals surface area contributed by atoms with Crippen molar-refractivity contribution in [1.29, 1.82) is 0 Å². The number of unbranched alkanes of at least 4 members (excludes halogenated alkanes) is 15. The zero-order chi connectivity index (χ0) is 35.1. The third kappa shape index (κ3) is 34.2. The van der Waals surface area contributed by atoms with Crippen molar-refractivity contribution in [2.24, 2.45) is 0 Å². The molecule has 0 spiro atoms. The van der Waals surface area contributed by atoms with Crippen LogP contribution in [0.15, 0.2) is 24.3 Å². The molecule has 0 saturated carbocycles. The maximum atomic E-state index is 12.6. The third-order valence-electron chi connectivity index (χ3n) is 7.70. The second-order valence-corrected chi connectivity index (χ2v) is 15.1. The first kappa shape index (κ1) is 45.5. The van der Waals surface area contributed by atoms with Crippen LogP contribution in [0.3, 0.4) is 0 Å². The van der Waals surface area contributed by atoms with Crippen LogP contribution in [0, 0.1) is 0 Å². The average Bonchev–Trinajstić information content (AvgIpc) is 3.01. The van der Waals surface area contributed by atoms with Gasteiger partial charge in [0.2, 0.25) is 0 Å². The number of carbonyl (C=O) groups is 2. The number of hydrogen-bond acceptors (Lipinski definition) is 7. The Morgan fingerprint density at radius 2 is 1.11 bits per heavy atom. The van der Waals surface area contributed by atoms with Crippen molar-refractivity contribution in [3.8, 4) is 0 Å². The fourth-order valence-corrected chi connectivity index (χ4v) is 5.43. The highest BCUT2D eigenvalue weighted by Gasteiger charge is 2.27. The normalized spacial score (nSPS) is 14.1. The number of ether oxygens (including phenoxy) is 2. The fraction of sp³-hybridized carbons (Fsp3) is 0.838. The van der Waals surface area contributed by atoms with Crippen molar-refractivity contribution in [2.45, 2.75) is 155 Å². The SMILES string of the molecule is CCCC/C=C/CCCCCCCC(=O)OC[C@H](COP(=O)(O)OCC[N+](C)(C)C)OC(=O)CCCCCCC/C=C/CCCCC. The molecule has 1 unspecified atom stereocenters.